The first-order valence-corrected chi connectivity index (χ1v) is 12.2. The molecular formula is C28H27N3O5. The summed E-state index contributed by atoms with van der Waals surface area (Å²) in [7, 11) is 0. The van der Waals surface area contributed by atoms with Crippen molar-refractivity contribution in [2.45, 2.75) is 38.6 Å². The zero-order valence-corrected chi connectivity index (χ0v) is 20.3. The molecule has 1 aliphatic carbocycles. The van der Waals surface area contributed by atoms with Crippen LogP contribution in [0.4, 0.5) is 4.79 Å². The number of urea groups is 1. The Balaban J connectivity index is 1.28. The van der Waals surface area contributed by atoms with E-state index in [1.165, 1.54) is 0 Å². The van der Waals surface area contributed by atoms with Gasteiger partial charge in [0, 0.05) is 28.7 Å². The molecule has 3 amide bonds. The van der Waals surface area contributed by atoms with E-state index in [4.69, 9.17) is 9.47 Å². The second kappa shape index (κ2) is 8.26. The molecule has 8 nitrogen and oxygen atoms in total. The van der Waals surface area contributed by atoms with E-state index in [0.29, 0.717) is 36.7 Å². The zero-order chi connectivity index (χ0) is 25.0. The van der Waals surface area contributed by atoms with Crippen molar-refractivity contribution >= 4 is 17.7 Å². The minimum absolute atomic E-state index is 0.281. The van der Waals surface area contributed by atoms with Crippen molar-refractivity contribution in [3.8, 4) is 17.2 Å². The Kier molecular flexibility index (Phi) is 5.14. The number of hydrogen-bond donors (Lipinski definition) is 1. The second-order valence-electron chi connectivity index (χ2n) is 9.61. The van der Waals surface area contributed by atoms with Gasteiger partial charge in [-0.1, -0.05) is 24.3 Å². The number of aromatic nitrogens is 1. The number of nitrogens with zero attached hydrogens (tertiary/aromatic N) is 2. The zero-order valence-electron chi connectivity index (χ0n) is 20.3. The number of amides is 3. The molecule has 36 heavy (non-hydrogen) atoms. The van der Waals surface area contributed by atoms with Crippen LogP contribution in [0.25, 0.3) is 5.69 Å². The molecule has 1 aromatic heterocycles. The fraction of sp³-hybridized carbons (Fsp3) is 0.321. The lowest BCUT2D eigenvalue weighted by molar-refractivity contribution is -0.131. The monoisotopic (exact) mass is 485 g/mol. The average Bonchev–Trinajstić information content (AvgIpc) is 3.31. The minimum atomic E-state index is -1.09. The van der Waals surface area contributed by atoms with Crippen molar-refractivity contribution in [2.75, 3.05) is 19.8 Å². The van der Waals surface area contributed by atoms with Crippen LogP contribution in [0.3, 0.4) is 0 Å². The van der Waals surface area contributed by atoms with Crippen LogP contribution in [0.2, 0.25) is 0 Å². The molecule has 0 bridgehead atoms. The standard InChI is InChI=1S/C28H27N3O5/c1-17-14-21(18(2)31(17)20-9-10-24-25(15-20)36-13-12-35-24)23(32)16-30-26(33)28(29-27(30)34)11-5-7-19-6-3-4-8-22(19)28/h3-4,6,8-10,14-15H,5,7,11-13,16H2,1-2H3,(H,29,34). The number of carbonyl (C=O) groups is 3. The first kappa shape index (κ1) is 22.4. The molecule has 1 spiro atoms. The molecule has 0 radical (unpaired) electrons. The van der Waals surface area contributed by atoms with Crippen molar-refractivity contribution in [2.24, 2.45) is 0 Å². The van der Waals surface area contributed by atoms with Crippen molar-refractivity contribution in [1.29, 1.82) is 0 Å². The van der Waals surface area contributed by atoms with Crippen LogP contribution >= 0.6 is 0 Å². The van der Waals surface area contributed by atoms with Gasteiger partial charge in [0.2, 0.25) is 0 Å². The van der Waals surface area contributed by atoms with Gasteiger partial charge in [0.05, 0.1) is 6.54 Å². The Morgan fingerprint density at radius 2 is 1.81 bits per heavy atom. The lowest BCUT2D eigenvalue weighted by Crippen LogP contribution is -2.46. The molecule has 3 aromatic rings. The molecule has 0 saturated carbocycles. The molecule has 1 saturated heterocycles. The first-order valence-electron chi connectivity index (χ1n) is 12.2. The quantitative estimate of drug-likeness (QED) is 0.448. The molecule has 1 unspecified atom stereocenters. The molecule has 1 N–H and O–H groups in total. The predicted octanol–water partition coefficient (Wildman–Crippen LogP) is 3.83. The lowest BCUT2D eigenvalue weighted by Gasteiger charge is -2.33. The maximum Gasteiger partial charge on any atom is 0.325 e. The highest BCUT2D eigenvalue weighted by atomic mass is 16.6. The van der Waals surface area contributed by atoms with E-state index >= 15 is 0 Å². The predicted molar refractivity (Wildman–Crippen MR) is 132 cm³/mol. The fourth-order valence-corrected chi connectivity index (χ4v) is 5.80. The molecular weight excluding hydrogens is 458 g/mol. The number of ether oxygens (including phenoxy) is 2. The summed E-state index contributed by atoms with van der Waals surface area (Å²) in [6.07, 6.45) is 2.19. The fourth-order valence-electron chi connectivity index (χ4n) is 5.80. The maximum atomic E-state index is 13.6. The van der Waals surface area contributed by atoms with Gasteiger partial charge in [-0.05, 0) is 62.4 Å². The van der Waals surface area contributed by atoms with Crippen molar-refractivity contribution in [3.05, 3.63) is 76.6 Å². The van der Waals surface area contributed by atoms with Gasteiger partial charge in [-0.15, -0.1) is 0 Å². The van der Waals surface area contributed by atoms with E-state index in [2.05, 4.69) is 5.32 Å². The normalized spacial score (nSPS) is 20.4. The van der Waals surface area contributed by atoms with E-state index in [-0.39, 0.29) is 18.2 Å². The molecule has 6 rings (SSSR count). The van der Waals surface area contributed by atoms with Gasteiger partial charge in [-0.25, -0.2) is 4.79 Å². The summed E-state index contributed by atoms with van der Waals surface area (Å²) in [5.41, 5.74) is 3.74. The first-order chi connectivity index (χ1) is 17.4. The summed E-state index contributed by atoms with van der Waals surface area (Å²) in [5, 5.41) is 2.92. The number of benzene rings is 2. The molecule has 3 heterocycles. The summed E-state index contributed by atoms with van der Waals surface area (Å²) >= 11 is 0. The number of imide groups is 1. The Labute approximate surface area is 208 Å². The topological polar surface area (TPSA) is 89.9 Å². The third kappa shape index (κ3) is 3.31. The molecule has 3 aliphatic rings. The second-order valence-corrected chi connectivity index (χ2v) is 9.61. The van der Waals surface area contributed by atoms with Crippen molar-refractivity contribution in [3.63, 3.8) is 0 Å². The summed E-state index contributed by atoms with van der Waals surface area (Å²) in [4.78, 5) is 41.1. The highest BCUT2D eigenvalue weighted by Gasteiger charge is 2.54. The van der Waals surface area contributed by atoms with Crippen LogP contribution in [0.15, 0.2) is 48.5 Å². The van der Waals surface area contributed by atoms with Crippen LogP contribution in [0.5, 0.6) is 11.5 Å². The van der Waals surface area contributed by atoms with Gasteiger partial charge >= 0.3 is 6.03 Å². The number of nitrogens with one attached hydrogen (secondary N) is 1. The average molecular weight is 486 g/mol. The van der Waals surface area contributed by atoms with Gasteiger partial charge in [0.15, 0.2) is 17.3 Å². The van der Waals surface area contributed by atoms with Crippen LogP contribution in [-0.2, 0) is 16.8 Å². The van der Waals surface area contributed by atoms with Gasteiger partial charge in [-0.2, -0.15) is 0 Å². The van der Waals surface area contributed by atoms with E-state index in [1.807, 2.05) is 60.9 Å². The molecule has 1 atom stereocenters. The Hall–Kier alpha value is -4.07. The maximum absolute atomic E-state index is 13.6. The molecule has 2 aliphatic heterocycles. The smallest absolute Gasteiger partial charge is 0.325 e. The molecule has 8 heteroatoms. The number of hydrogen-bond acceptors (Lipinski definition) is 5. The summed E-state index contributed by atoms with van der Waals surface area (Å²) < 4.78 is 13.3. The number of Topliss-reactive ketones (excluding diaryl/α,β-unsaturated/α-hetero) is 1. The number of fused-ring (bicyclic) bond motifs is 3. The van der Waals surface area contributed by atoms with Gasteiger partial charge in [0.1, 0.15) is 18.8 Å². The van der Waals surface area contributed by atoms with E-state index in [0.717, 1.165) is 45.9 Å². The van der Waals surface area contributed by atoms with Crippen molar-refractivity contribution in [1.82, 2.24) is 14.8 Å². The van der Waals surface area contributed by atoms with E-state index in [1.54, 1.807) is 6.07 Å². The van der Waals surface area contributed by atoms with Gasteiger partial charge in [-0.3, -0.25) is 14.5 Å². The Morgan fingerprint density at radius 3 is 2.64 bits per heavy atom. The van der Waals surface area contributed by atoms with Crippen molar-refractivity contribution < 1.29 is 23.9 Å². The highest BCUT2D eigenvalue weighted by molar-refractivity contribution is 6.12. The summed E-state index contributed by atoms with van der Waals surface area (Å²) in [5.74, 6) is 0.724. The van der Waals surface area contributed by atoms with E-state index in [9.17, 15) is 14.4 Å². The van der Waals surface area contributed by atoms with Crippen LogP contribution in [0, 0.1) is 13.8 Å². The van der Waals surface area contributed by atoms with Gasteiger partial charge < -0.3 is 19.4 Å². The third-order valence-corrected chi connectivity index (χ3v) is 7.47. The molecule has 2 aromatic carbocycles. The number of carbonyl (C=O) groups excluding carboxylic acids is 3. The number of rotatable bonds is 4. The van der Waals surface area contributed by atoms with Crippen LogP contribution < -0.4 is 14.8 Å². The van der Waals surface area contributed by atoms with E-state index < -0.39 is 11.6 Å². The summed E-state index contributed by atoms with van der Waals surface area (Å²) in [6.45, 7) is 4.48. The van der Waals surface area contributed by atoms with Gasteiger partial charge in [0.25, 0.3) is 5.91 Å². The summed E-state index contributed by atoms with van der Waals surface area (Å²) in [6, 6.07) is 14.7. The Bertz CT molecular complexity index is 1420. The highest BCUT2D eigenvalue weighted by Crippen LogP contribution is 2.40. The SMILES string of the molecule is Cc1cc(C(=O)CN2C(=O)NC3(CCCc4ccccc43)C2=O)c(C)n1-c1ccc2c(c1)OCCO2. The van der Waals surface area contributed by atoms with Crippen LogP contribution in [0.1, 0.15) is 45.7 Å². The van der Waals surface area contributed by atoms with Crippen LogP contribution in [-0.4, -0.2) is 46.9 Å². The number of aryl methyl sites for hydroxylation is 2. The Morgan fingerprint density at radius 1 is 1.03 bits per heavy atom. The minimum Gasteiger partial charge on any atom is -0.486 e. The lowest BCUT2D eigenvalue weighted by atomic mass is 9.76. The largest absolute Gasteiger partial charge is 0.486 e. The molecule has 1 fully saturated rings. The third-order valence-electron chi connectivity index (χ3n) is 7.47. The number of ketones is 1. The molecule has 184 valence electrons.